The molecule has 0 N–H and O–H groups in total. The zero-order valence-corrected chi connectivity index (χ0v) is 13.1. The first-order chi connectivity index (χ1) is 12.1. The highest BCUT2D eigenvalue weighted by Crippen LogP contribution is 2.23. The van der Waals surface area contributed by atoms with Crippen molar-refractivity contribution in [1.29, 1.82) is 0 Å². The maximum atomic E-state index is 13.5. The van der Waals surface area contributed by atoms with Crippen LogP contribution in [0.25, 0.3) is 5.82 Å². The third-order valence-electron chi connectivity index (χ3n) is 3.31. The number of hydrogen-bond acceptors (Lipinski definition) is 5. The number of aromatic nitrogens is 3. The Labute approximate surface area is 141 Å². The number of esters is 1. The summed E-state index contributed by atoms with van der Waals surface area (Å²) in [6.07, 6.45) is 6.61. The van der Waals surface area contributed by atoms with Crippen LogP contribution in [0.2, 0.25) is 0 Å². The molecule has 0 saturated carbocycles. The molecular formula is C17H13F2N3O3. The molecule has 0 spiro atoms. The SMILES string of the molecule is COC(=O)c1ccn(-c2ncc(F)cc2OCc2cncc(F)c2)c1. The predicted molar refractivity (Wildman–Crippen MR) is 83.4 cm³/mol. The molecule has 3 aromatic rings. The molecule has 128 valence electrons. The zero-order valence-electron chi connectivity index (χ0n) is 13.1. The highest BCUT2D eigenvalue weighted by atomic mass is 19.1. The van der Waals surface area contributed by atoms with E-state index >= 15 is 0 Å². The fourth-order valence-electron chi connectivity index (χ4n) is 2.18. The topological polar surface area (TPSA) is 66.2 Å². The van der Waals surface area contributed by atoms with Gasteiger partial charge >= 0.3 is 5.97 Å². The summed E-state index contributed by atoms with van der Waals surface area (Å²) < 4.78 is 38.4. The van der Waals surface area contributed by atoms with Gasteiger partial charge in [0.15, 0.2) is 11.6 Å². The third-order valence-corrected chi connectivity index (χ3v) is 3.31. The second kappa shape index (κ2) is 7.08. The van der Waals surface area contributed by atoms with Crippen molar-refractivity contribution in [2.45, 2.75) is 6.61 Å². The first-order valence-electron chi connectivity index (χ1n) is 7.21. The summed E-state index contributed by atoms with van der Waals surface area (Å²) in [5.41, 5.74) is 0.798. The molecule has 3 rings (SSSR count). The number of pyridine rings is 2. The van der Waals surface area contributed by atoms with Gasteiger partial charge in [0.25, 0.3) is 0 Å². The van der Waals surface area contributed by atoms with Crippen molar-refractivity contribution in [3.8, 4) is 11.6 Å². The molecule has 0 bridgehead atoms. The Morgan fingerprint density at radius 2 is 2.00 bits per heavy atom. The van der Waals surface area contributed by atoms with Crippen molar-refractivity contribution >= 4 is 5.97 Å². The van der Waals surface area contributed by atoms with E-state index in [4.69, 9.17) is 4.74 Å². The van der Waals surface area contributed by atoms with E-state index in [2.05, 4.69) is 14.7 Å². The van der Waals surface area contributed by atoms with E-state index in [0.717, 1.165) is 18.5 Å². The van der Waals surface area contributed by atoms with Crippen LogP contribution in [0, 0.1) is 11.6 Å². The van der Waals surface area contributed by atoms with E-state index in [9.17, 15) is 13.6 Å². The lowest BCUT2D eigenvalue weighted by Gasteiger charge is -2.11. The van der Waals surface area contributed by atoms with Crippen molar-refractivity contribution in [3.63, 3.8) is 0 Å². The number of methoxy groups -OCH3 is 1. The van der Waals surface area contributed by atoms with Gasteiger partial charge in [-0.3, -0.25) is 4.98 Å². The average Bonchev–Trinajstić information content (AvgIpc) is 3.09. The van der Waals surface area contributed by atoms with Crippen LogP contribution in [0.15, 0.2) is 49.2 Å². The Morgan fingerprint density at radius 3 is 2.76 bits per heavy atom. The quantitative estimate of drug-likeness (QED) is 0.665. The van der Waals surface area contributed by atoms with Gasteiger partial charge in [-0.15, -0.1) is 0 Å². The van der Waals surface area contributed by atoms with E-state index in [0.29, 0.717) is 11.1 Å². The summed E-state index contributed by atoms with van der Waals surface area (Å²) in [6, 6.07) is 3.97. The smallest absolute Gasteiger partial charge is 0.339 e. The summed E-state index contributed by atoms with van der Waals surface area (Å²) in [5.74, 6) is -1.17. The van der Waals surface area contributed by atoms with Crippen LogP contribution in [0.4, 0.5) is 8.78 Å². The van der Waals surface area contributed by atoms with Crippen LogP contribution < -0.4 is 4.74 Å². The molecule has 0 radical (unpaired) electrons. The molecule has 0 fully saturated rings. The van der Waals surface area contributed by atoms with Gasteiger partial charge in [0, 0.05) is 30.2 Å². The molecule has 25 heavy (non-hydrogen) atoms. The van der Waals surface area contributed by atoms with Crippen LogP contribution >= 0.6 is 0 Å². The second-order valence-corrected chi connectivity index (χ2v) is 5.07. The van der Waals surface area contributed by atoms with Crippen molar-refractivity contribution < 1.29 is 23.0 Å². The summed E-state index contributed by atoms with van der Waals surface area (Å²) in [4.78, 5) is 19.3. The summed E-state index contributed by atoms with van der Waals surface area (Å²) in [7, 11) is 1.28. The average molecular weight is 345 g/mol. The Hall–Kier alpha value is -3.29. The maximum absolute atomic E-state index is 13.5. The molecule has 0 aliphatic heterocycles. The van der Waals surface area contributed by atoms with Crippen molar-refractivity contribution in [2.24, 2.45) is 0 Å². The first-order valence-corrected chi connectivity index (χ1v) is 7.21. The lowest BCUT2D eigenvalue weighted by molar-refractivity contribution is 0.0601. The fourth-order valence-corrected chi connectivity index (χ4v) is 2.18. The van der Waals surface area contributed by atoms with E-state index < -0.39 is 17.6 Å². The lowest BCUT2D eigenvalue weighted by Crippen LogP contribution is -2.04. The molecule has 0 saturated heterocycles. The Bertz CT molecular complexity index is 912. The van der Waals surface area contributed by atoms with Crippen LogP contribution in [0.1, 0.15) is 15.9 Å². The Morgan fingerprint density at radius 1 is 1.20 bits per heavy atom. The molecule has 0 unspecified atom stereocenters. The monoisotopic (exact) mass is 345 g/mol. The van der Waals surface area contributed by atoms with Gasteiger partial charge in [-0.1, -0.05) is 0 Å². The van der Waals surface area contributed by atoms with Crippen LogP contribution in [-0.4, -0.2) is 27.6 Å². The molecule has 0 aliphatic rings. The highest BCUT2D eigenvalue weighted by Gasteiger charge is 2.13. The predicted octanol–water partition coefficient (Wildman–Crippen LogP) is 2.91. The lowest BCUT2D eigenvalue weighted by atomic mass is 10.3. The van der Waals surface area contributed by atoms with Gasteiger partial charge < -0.3 is 14.0 Å². The van der Waals surface area contributed by atoms with Gasteiger partial charge in [0.05, 0.1) is 25.1 Å². The Balaban J connectivity index is 1.87. The molecular weight excluding hydrogens is 332 g/mol. The van der Waals surface area contributed by atoms with Gasteiger partial charge in [-0.05, 0) is 12.1 Å². The number of hydrogen-bond donors (Lipinski definition) is 0. The minimum absolute atomic E-state index is 0.0198. The van der Waals surface area contributed by atoms with Crippen molar-refractivity contribution in [1.82, 2.24) is 14.5 Å². The number of carbonyl (C=O) groups excluding carboxylic acids is 1. The molecule has 6 nitrogen and oxygen atoms in total. The second-order valence-electron chi connectivity index (χ2n) is 5.07. The van der Waals surface area contributed by atoms with Crippen molar-refractivity contribution in [2.75, 3.05) is 7.11 Å². The molecule has 0 aromatic carbocycles. The van der Waals surface area contributed by atoms with Gasteiger partial charge in [-0.25, -0.2) is 18.6 Å². The molecule has 3 heterocycles. The molecule has 0 atom stereocenters. The minimum atomic E-state index is -0.587. The largest absolute Gasteiger partial charge is 0.485 e. The number of rotatable bonds is 5. The normalized spacial score (nSPS) is 10.5. The van der Waals surface area contributed by atoms with Crippen LogP contribution in [0.5, 0.6) is 5.75 Å². The highest BCUT2D eigenvalue weighted by molar-refractivity contribution is 5.89. The Kier molecular flexibility index (Phi) is 4.69. The van der Waals surface area contributed by atoms with Gasteiger partial charge in [0.2, 0.25) is 0 Å². The third kappa shape index (κ3) is 3.79. The maximum Gasteiger partial charge on any atom is 0.339 e. The number of halogens is 2. The van der Waals surface area contributed by atoms with E-state index in [-0.39, 0.29) is 18.2 Å². The van der Waals surface area contributed by atoms with E-state index in [1.54, 1.807) is 6.20 Å². The van der Waals surface area contributed by atoms with Crippen molar-refractivity contribution in [3.05, 3.63) is 71.9 Å². The molecule has 8 heteroatoms. The van der Waals surface area contributed by atoms with Gasteiger partial charge in [-0.2, -0.15) is 0 Å². The molecule has 0 amide bonds. The van der Waals surface area contributed by atoms with E-state index in [1.165, 1.54) is 36.2 Å². The van der Waals surface area contributed by atoms with Crippen LogP contribution in [0.3, 0.4) is 0 Å². The summed E-state index contributed by atoms with van der Waals surface area (Å²) >= 11 is 0. The summed E-state index contributed by atoms with van der Waals surface area (Å²) in [6.45, 7) is -0.0198. The zero-order chi connectivity index (χ0) is 17.8. The number of ether oxygens (including phenoxy) is 2. The fraction of sp³-hybridized carbons (Fsp3) is 0.118. The van der Waals surface area contributed by atoms with E-state index in [1.807, 2.05) is 0 Å². The number of nitrogens with zero attached hydrogens (tertiary/aromatic N) is 3. The molecule has 0 aliphatic carbocycles. The minimum Gasteiger partial charge on any atom is -0.485 e. The van der Waals surface area contributed by atoms with Crippen LogP contribution in [-0.2, 0) is 11.3 Å². The standard InChI is InChI=1S/C17H13F2N3O3/c1-24-17(23)12-2-3-22(9-12)16-15(5-14(19)8-21-16)25-10-11-4-13(18)7-20-6-11/h2-9H,10H2,1H3. The summed E-state index contributed by atoms with van der Waals surface area (Å²) in [5, 5.41) is 0. The first kappa shape index (κ1) is 16.6. The number of carbonyl (C=O) groups is 1. The van der Waals surface area contributed by atoms with Gasteiger partial charge in [0.1, 0.15) is 18.2 Å². The molecule has 3 aromatic heterocycles.